The van der Waals surface area contributed by atoms with E-state index in [2.05, 4.69) is 29.4 Å². The van der Waals surface area contributed by atoms with Gasteiger partial charge in [0, 0.05) is 36.6 Å². The minimum Gasteiger partial charge on any atom is -0.398 e. The molecule has 0 aliphatic carbocycles. The number of anilines is 1. The van der Waals surface area contributed by atoms with Crippen molar-refractivity contribution in [2.75, 3.05) is 39.1 Å². The van der Waals surface area contributed by atoms with Crippen molar-refractivity contribution < 1.29 is 9.53 Å². The first-order chi connectivity index (χ1) is 15.0. The van der Waals surface area contributed by atoms with Gasteiger partial charge in [-0.05, 0) is 25.6 Å². The van der Waals surface area contributed by atoms with Crippen molar-refractivity contribution in [1.82, 2.24) is 15.1 Å². The van der Waals surface area contributed by atoms with Gasteiger partial charge in [0.2, 0.25) is 5.91 Å². The van der Waals surface area contributed by atoms with Gasteiger partial charge in [0.05, 0.1) is 19.1 Å². The summed E-state index contributed by atoms with van der Waals surface area (Å²) in [5.74, 6) is -0.0725. The quantitative estimate of drug-likeness (QED) is 0.504. The van der Waals surface area contributed by atoms with E-state index in [0.717, 1.165) is 23.5 Å². The number of nitrogens with one attached hydrogen (secondary N) is 1. The molecular weight excluding hydrogens is 388 g/mol. The molecule has 1 saturated heterocycles. The standard InChI is InChI=1S/C25H34N4O2/c1-19(25(30)29-13-15-31-16-14-29)17-20(2)27-24(22-11-7-8-12-23(22)26)28(3)18-21-9-5-4-6-10-21/h4-12,17,19,24,27H,13-16,18,26H2,1-3H3/b20-17+. The van der Waals surface area contributed by atoms with E-state index in [1.165, 1.54) is 5.56 Å². The lowest BCUT2D eigenvalue weighted by Gasteiger charge is -2.32. The van der Waals surface area contributed by atoms with Gasteiger partial charge in [0.25, 0.3) is 0 Å². The van der Waals surface area contributed by atoms with E-state index < -0.39 is 0 Å². The third-order valence-corrected chi connectivity index (χ3v) is 5.58. The topological polar surface area (TPSA) is 70.8 Å². The number of rotatable bonds is 8. The highest BCUT2D eigenvalue weighted by atomic mass is 16.5. The van der Waals surface area contributed by atoms with Crippen LogP contribution >= 0.6 is 0 Å². The second-order valence-corrected chi connectivity index (χ2v) is 8.15. The molecule has 1 amide bonds. The first-order valence-electron chi connectivity index (χ1n) is 10.9. The van der Waals surface area contributed by atoms with Crippen molar-refractivity contribution in [3.05, 3.63) is 77.5 Å². The highest BCUT2D eigenvalue weighted by Gasteiger charge is 2.23. The molecule has 3 rings (SSSR count). The van der Waals surface area contributed by atoms with E-state index in [-0.39, 0.29) is 18.0 Å². The molecule has 2 atom stereocenters. The molecule has 3 N–H and O–H groups in total. The molecular formula is C25H34N4O2. The molecule has 1 aliphatic heterocycles. The Kier molecular flexibility index (Phi) is 8.09. The summed E-state index contributed by atoms with van der Waals surface area (Å²) in [4.78, 5) is 16.9. The van der Waals surface area contributed by atoms with Crippen molar-refractivity contribution >= 4 is 11.6 Å². The molecule has 0 saturated carbocycles. The largest absolute Gasteiger partial charge is 0.398 e. The third kappa shape index (κ3) is 6.32. The fraction of sp³-hybridized carbons (Fsp3) is 0.400. The average Bonchev–Trinajstić information content (AvgIpc) is 2.78. The minimum atomic E-state index is -0.209. The number of hydrogen-bond donors (Lipinski definition) is 2. The summed E-state index contributed by atoms with van der Waals surface area (Å²) in [5, 5.41) is 3.59. The molecule has 1 heterocycles. The first-order valence-corrected chi connectivity index (χ1v) is 10.9. The van der Waals surface area contributed by atoms with E-state index in [0.29, 0.717) is 26.3 Å². The van der Waals surface area contributed by atoms with Crippen LogP contribution in [0.15, 0.2) is 66.4 Å². The zero-order chi connectivity index (χ0) is 22.2. The first kappa shape index (κ1) is 22.8. The summed E-state index contributed by atoms with van der Waals surface area (Å²) in [6.07, 6.45) is 1.88. The van der Waals surface area contributed by atoms with Gasteiger partial charge in [-0.1, -0.05) is 61.5 Å². The summed E-state index contributed by atoms with van der Waals surface area (Å²) in [7, 11) is 2.08. The van der Waals surface area contributed by atoms with Crippen molar-refractivity contribution in [2.45, 2.75) is 26.6 Å². The maximum absolute atomic E-state index is 12.8. The van der Waals surface area contributed by atoms with Crippen molar-refractivity contribution in [3.8, 4) is 0 Å². The van der Waals surface area contributed by atoms with Crippen LogP contribution in [0.4, 0.5) is 5.69 Å². The zero-order valence-electron chi connectivity index (χ0n) is 18.8. The highest BCUT2D eigenvalue weighted by molar-refractivity contribution is 5.80. The van der Waals surface area contributed by atoms with Crippen LogP contribution in [0.3, 0.4) is 0 Å². The fourth-order valence-electron chi connectivity index (χ4n) is 3.93. The Bertz CT molecular complexity index is 878. The SMILES string of the molecule is C/C(=C\C(C)C(=O)N1CCOCC1)NC(c1ccccc1N)N(C)Cc1ccccc1. The molecule has 6 heteroatoms. The van der Waals surface area contributed by atoms with Gasteiger partial charge in [-0.3, -0.25) is 9.69 Å². The number of carbonyl (C=O) groups is 1. The van der Waals surface area contributed by atoms with E-state index in [1.807, 2.05) is 67.3 Å². The predicted octanol–water partition coefficient (Wildman–Crippen LogP) is 3.39. The van der Waals surface area contributed by atoms with Gasteiger partial charge in [-0.2, -0.15) is 0 Å². The summed E-state index contributed by atoms with van der Waals surface area (Å²) in [6.45, 7) is 7.26. The van der Waals surface area contributed by atoms with Crippen LogP contribution in [0.2, 0.25) is 0 Å². The Balaban J connectivity index is 1.76. The molecule has 166 valence electrons. The molecule has 0 aromatic heterocycles. The minimum absolute atomic E-state index is 0.122. The molecule has 2 aromatic rings. The number of benzene rings is 2. The molecule has 31 heavy (non-hydrogen) atoms. The number of nitrogen functional groups attached to an aromatic ring is 1. The molecule has 0 spiro atoms. The number of morpholine rings is 1. The van der Waals surface area contributed by atoms with Gasteiger partial charge in [-0.15, -0.1) is 0 Å². The number of nitrogens with zero attached hydrogens (tertiary/aromatic N) is 2. The van der Waals surface area contributed by atoms with Crippen molar-refractivity contribution in [1.29, 1.82) is 0 Å². The molecule has 6 nitrogen and oxygen atoms in total. The summed E-state index contributed by atoms with van der Waals surface area (Å²) in [6, 6.07) is 18.3. The molecule has 0 bridgehead atoms. The van der Waals surface area contributed by atoms with Gasteiger partial charge in [0.1, 0.15) is 6.17 Å². The lowest BCUT2D eigenvalue weighted by Crippen LogP contribution is -2.43. The fourth-order valence-corrected chi connectivity index (χ4v) is 3.93. The monoisotopic (exact) mass is 422 g/mol. The van der Waals surface area contributed by atoms with E-state index in [1.54, 1.807) is 0 Å². The van der Waals surface area contributed by atoms with Crippen LogP contribution in [-0.2, 0) is 16.1 Å². The average molecular weight is 423 g/mol. The Morgan fingerprint density at radius 2 is 1.81 bits per heavy atom. The van der Waals surface area contributed by atoms with Crippen LogP contribution < -0.4 is 11.1 Å². The van der Waals surface area contributed by atoms with Gasteiger partial charge in [0.15, 0.2) is 0 Å². The summed E-state index contributed by atoms with van der Waals surface area (Å²) >= 11 is 0. The van der Waals surface area contributed by atoms with E-state index in [9.17, 15) is 4.79 Å². The number of allylic oxidation sites excluding steroid dienone is 1. The lowest BCUT2D eigenvalue weighted by molar-refractivity contribution is -0.137. The van der Waals surface area contributed by atoms with Gasteiger partial charge < -0.3 is 20.7 Å². The molecule has 2 unspecified atom stereocenters. The normalized spacial score (nSPS) is 16.8. The lowest BCUT2D eigenvalue weighted by atomic mass is 10.1. The molecule has 1 fully saturated rings. The van der Waals surface area contributed by atoms with Crippen LogP contribution in [0.1, 0.15) is 31.1 Å². The molecule has 2 aromatic carbocycles. The molecule has 1 aliphatic rings. The van der Waals surface area contributed by atoms with E-state index >= 15 is 0 Å². The highest BCUT2D eigenvalue weighted by Crippen LogP contribution is 2.25. The molecule has 0 radical (unpaired) electrons. The van der Waals surface area contributed by atoms with E-state index in [4.69, 9.17) is 10.5 Å². The number of nitrogens with two attached hydrogens (primary N) is 1. The predicted molar refractivity (Wildman–Crippen MR) is 125 cm³/mol. The number of carbonyl (C=O) groups excluding carboxylic acids is 1. The Hall–Kier alpha value is -2.83. The second kappa shape index (κ2) is 11.0. The Labute approximate surface area is 185 Å². The van der Waals surface area contributed by atoms with Crippen molar-refractivity contribution in [2.24, 2.45) is 5.92 Å². The van der Waals surface area contributed by atoms with Gasteiger partial charge >= 0.3 is 0 Å². The zero-order valence-corrected chi connectivity index (χ0v) is 18.8. The van der Waals surface area contributed by atoms with Gasteiger partial charge in [-0.25, -0.2) is 0 Å². The van der Waals surface area contributed by atoms with Crippen LogP contribution in [0, 0.1) is 5.92 Å². The van der Waals surface area contributed by atoms with Crippen molar-refractivity contribution in [3.63, 3.8) is 0 Å². The maximum atomic E-state index is 12.8. The van der Waals surface area contributed by atoms with Crippen LogP contribution in [0.5, 0.6) is 0 Å². The smallest absolute Gasteiger partial charge is 0.229 e. The maximum Gasteiger partial charge on any atom is 0.229 e. The number of para-hydroxylation sites is 1. The number of hydrogen-bond acceptors (Lipinski definition) is 5. The number of amides is 1. The second-order valence-electron chi connectivity index (χ2n) is 8.15. The number of ether oxygens (including phenoxy) is 1. The Morgan fingerprint density at radius 1 is 1.16 bits per heavy atom. The Morgan fingerprint density at radius 3 is 2.48 bits per heavy atom. The third-order valence-electron chi connectivity index (χ3n) is 5.58. The summed E-state index contributed by atoms with van der Waals surface area (Å²) in [5.41, 5.74) is 10.2. The van der Waals surface area contributed by atoms with Crippen LogP contribution in [0.25, 0.3) is 0 Å². The summed E-state index contributed by atoms with van der Waals surface area (Å²) < 4.78 is 5.36. The van der Waals surface area contributed by atoms with Crippen LogP contribution in [-0.4, -0.2) is 49.1 Å².